The molecule has 6 nitrogen and oxygen atoms in total. The molecule has 2 aromatic heterocycles. The summed E-state index contributed by atoms with van der Waals surface area (Å²) in [6, 6.07) is 11.6. The average Bonchev–Trinajstić information content (AvgIpc) is 3.33. The van der Waals surface area contributed by atoms with Gasteiger partial charge < -0.3 is 10.3 Å². The number of aromatic amines is 1. The van der Waals surface area contributed by atoms with E-state index in [1.165, 1.54) is 36.7 Å². The number of fused-ring (bicyclic) bond motifs is 1. The first kappa shape index (κ1) is 18.3. The van der Waals surface area contributed by atoms with Crippen molar-refractivity contribution in [3.63, 3.8) is 0 Å². The van der Waals surface area contributed by atoms with Crippen LogP contribution in [0.2, 0.25) is 5.02 Å². The molecular weight excluding hydrogens is 405 g/mol. The fourth-order valence-corrected chi connectivity index (χ4v) is 4.16. The zero-order valence-corrected chi connectivity index (χ0v) is 15.8. The highest BCUT2D eigenvalue weighted by Crippen LogP contribution is 2.22. The Morgan fingerprint density at radius 2 is 1.93 bits per heavy atom. The van der Waals surface area contributed by atoms with E-state index < -0.39 is 21.7 Å². The predicted molar refractivity (Wildman–Crippen MR) is 105 cm³/mol. The lowest BCUT2D eigenvalue weighted by Gasteiger charge is -2.06. The van der Waals surface area contributed by atoms with Crippen molar-refractivity contribution in [3.05, 3.63) is 83.5 Å². The van der Waals surface area contributed by atoms with Crippen molar-refractivity contribution < 1.29 is 17.6 Å². The number of nitrogens with zero attached hydrogens (tertiary/aromatic N) is 1. The molecule has 4 aromatic rings. The number of aromatic nitrogens is 2. The molecule has 0 aliphatic heterocycles. The Bertz CT molecular complexity index is 1310. The molecule has 0 atom stereocenters. The lowest BCUT2D eigenvalue weighted by molar-refractivity contribution is 0.102. The Hall–Kier alpha value is -3.10. The van der Waals surface area contributed by atoms with E-state index in [0.717, 1.165) is 20.9 Å². The van der Waals surface area contributed by atoms with Gasteiger partial charge in [-0.1, -0.05) is 11.6 Å². The molecule has 4 rings (SSSR count). The van der Waals surface area contributed by atoms with Crippen molar-refractivity contribution in [1.82, 2.24) is 8.96 Å². The second-order valence-electron chi connectivity index (χ2n) is 6.04. The topological polar surface area (TPSA) is 84.0 Å². The number of nitrogens with one attached hydrogen (secondary N) is 2. The van der Waals surface area contributed by atoms with Gasteiger partial charge in [-0.2, -0.15) is 0 Å². The van der Waals surface area contributed by atoms with Gasteiger partial charge in [0.2, 0.25) is 0 Å². The van der Waals surface area contributed by atoms with Gasteiger partial charge in [0.05, 0.1) is 15.5 Å². The smallest absolute Gasteiger partial charge is 0.267 e. The van der Waals surface area contributed by atoms with Gasteiger partial charge in [-0.05, 0) is 48.5 Å². The molecule has 2 heterocycles. The molecule has 0 fully saturated rings. The number of hydrogen-bond acceptors (Lipinski definition) is 3. The molecule has 1 amide bonds. The van der Waals surface area contributed by atoms with E-state index in [2.05, 4.69) is 10.3 Å². The number of anilines is 1. The maximum Gasteiger partial charge on any atom is 0.267 e. The fraction of sp³-hybridized carbons (Fsp3) is 0. The van der Waals surface area contributed by atoms with Gasteiger partial charge in [0.1, 0.15) is 5.82 Å². The quantitative estimate of drug-likeness (QED) is 0.520. The molecule has 28 heavy (non-hydrogen) atoms. The predicted octanol–water partition coefficient (Wildman–Crippen LogP) is 4.25. The van der Waals surface area contributed by atoms with Crippen molar-refractivity contribution in [2.24, 2.45) is 0 Å². The number of benzene rings is 2. The van der Waals surface area contributed by atoms with Gasteiger partial charge in [-0.15, -0.1) is 0 Å². The molecule has 0 saturated carbocycles. The summed E-state index contributed by atoms with van der Waals surface area (Å²) >= 11 is 5.70. The van der Waals surface area contributed by atoms with Crippen molar-refractivity contribution in [3.8, 4) is 0 Å². The minimum absolute atomic E-state index is 0.104. The Labute approximate surface area is 164 Å². The molecule has 2 N–H and O–H groups in total. The van der Waals surface area contributed by atoms with Gasteiger partial charge in [0.15, 0.2) is 0 Å². The molecule has 0 spiro atoms. The number of hydrogen-bond donors (Lipinski definition) is 2. The lowest BCUT2D eigenvalue weighted by atomic mass is 10.2. The number of carbonyl (C=O) groups is 1. The number of rotatable bonds is 4. The largest absolute Gasteiger partial charge is 0.361 e. The first-order valence-corrected chi connectivity index (χ1v) is 9.93. The fourth-order valence-electron chi connectivity index (χ4n) is 2.75. The van der Waals surface area contributed by atoms with E-state index in [9.17, 15) is 17.6 Å². The summed E-state index contributed by atoms with van der Waals surface area (Å²) in [5.41, 5.74) is 1.25. The minimum atomic E-state index is -3.85. The Kier molecular flexibility index (Phi) is 4.44. The van der Waals surface area contributed by atoms with Gasteiger partial charge >= 0.3 is 0 Å². The third kappa shape index (κ3) is 3.28. The summed E-state index contributed by atoms with van der Waals surface area (Å²) in [5, 5.41) is 3.19. The maximum atomic E-state index is 13.2. The maximum absolute atomic E-state index is 13.2. The zero-order valence-electron chi connectivity index (χ0n) is 14.2. The van der Waals surface area contributed by atoms with Crippen molar-refractivity contribution in [2.45, 2.75) is 4.90 Å². The van der Waals surface area contributed by atoms with Crippen LogP contribution in [0.25, 0.3) is 10.9 Å². The van der Waals surface area contributed by atoms with E-state index >= 15 is 0 Å². The van der Waals surface area contributed by atoms with E-state index in [0.29, 0.717) is 5.69 Å². The van der Waals surface area contributed by atoms with Crippen molar-refractivity contribution in [2.75, 3.05) is 5.32 Å². The molecule has 0 radical (unpaired) electrons. The second kappa shape index (κ2) is 6.81. The molecule has 0 aliphatic rings. The van der Waals surface area contributed by atoms with Crippen LogP contribution in [-0.2, 0) is 10.0 Å². The average molecular weight is 418 g/mol. The standard InChI is InChI=1S/C19H13ClFN3O3S/c20-16-10-14(1-3-17(16)21)23-19(25)13-6-8-24(11-13)28(26,27)15-2-4-18-12(9-15)5-7-22-18/h1-11,22H,(H,23,25). The monoisotopic (exact) mass is 417 g/mol. The highest BCUT2D eigenvalue weighted by molar-refractivity contribution is 7.90. The van der Waals surface area contributed by atoms with Gasteiger partial charge in [0, 0.05) is 35.2 Å². The summed E-state index contributed by atoms with van der Waals surface area (Å²) in [6.07, 6.45) is 4.24. The van der Waals surface area contributed by atoms with Crippen LogP contribution in [0.15, 0.2) is 72.0 Å². The third-order valence-corrected chi connectivity index (χ3v) is 6.13. The van der Waals surface area contributed by atoms with Crippen LogP contribution >= 0.6 is 11.6 Å². The highest BCUT2D eigenvalue weighted by Gasteiger charge is 2.19. The molecule has 2 aromatic carbocycles. The minimum Gasteiger partial charge on any atom is -0.361 e. The van der Waals surface area contributed by atoms with Crippen LogP contribution in [0.3, 0.4) is 0 Å². The van der Waals surface area contributed by atoms with E-state index in [1.54, 1.807) is 24.4 Å². The molecule has 0 aliphatic carbocycles. The van der Waals surface area contributed by atoms with Crippen molar-refractivity contribution >= 4 is 44.1 Å². The number of amides is 1. The van der Waals surface area contributed by atoms with Crippen LogP contribution in [0.5, 0.6) is 0 Å². The van der Waals surface area contributed by atoms with Gasteiger partial charge in [0.25, 0.3) is 15.9 Å². The molecule has 0 saturated heterocycles. The normalized spacial score (nSPS) is 11.6. The molecule has 0 bridgehead atoms. The second-order valence-corrected chi connectivity index (χ2v) is 8.30. The Balaban J connectivity index is 1.60. The van der Waals surface area contributed by atoms with Crippen LogP contribution in [0.1, 0.15) is 10.4 Å². The van der Waals surface area contributed by atoms with E-state index in [4.69, 9.17) is 11.6 Å². The summed E-state index contributed by atoms with van der Waals surface area (Å²) in [4.78, 5) is 15.5. The first-order chi connectivity index (χ1) is 13.3. The summed E-state index contributed by atoms with van der Waals surface area (Å²) < 4.78 is 39.9. The van der Waals surface area contributed by atoms with E-state index in [-0.39, 0.29) is 15.5 Å². The van der Waals surface area contributed by atoms with Crippen LogP contribution < -0.4 is 5.32 Å². The lowest BCUT2D eigenvalue weighted by Crippen LogP contribution is -2.13. The zero-order chi connectivity index (χ0) is 19.9. The third-order valence-electron chi connectivity index (χ3n) is 4.21. The van der Waals surface area contributed by atoms with Crippen LogP contribution in [0, 0.1) is 5.82 Å². The molecule has 0 unspecified atom stereocenters. The number of halogens is 2. The molecule has 142 valence electrons. The molecule has 9 heteroatoms. The van der Waals surface area contributed by atoms with E-state index in [1.807, 2.05) is 0 Å². The summed E-state index contributed by atoms with van der Waals surface area (Å²) in [7, 11) is -3.85. The van der Waals surface area contributed by atoms with Gasteiger partial charge in [-0.25, -0.2) is 16.8 Å². The summed E-state index contributed by atoms with van der Waals surface area (Å²) in [5.74, 6) is -1.14. The highest BCUT2D eigenvalue weighted by atomic mass is 35.5. The van der Waals surface area contributed by atoms with Gasteiger partial charge in [-0.3, -0.25) is 4.79 Å². The Morgan fingerprint density at radius 3 is 2.71 bits per heavy atom. The van der Waals surface area contributed by atoms with Crippen LogP contribution in [0.4, 0.5) is 10.1 Å². The number of H-pyrrole nitrogens is 1. The van der Waals surface area contributed by atoms with Crippen molar-refractivity contribution in [1.29, 1.82) is 0 Å². The summed E-state index contributed by atoms with van der Waals surface area (Å²) in [6.45, 7) is 0. The number of carbonyl (C=O) groups excluding carboxylic acids is 1. The Morgan fingerprint density at radius 1 is 1.11 bits per heavy atom. The molecular formula is C19H13ClFN3O3S. The first-order valence-electron chi connectivity index (χ1n) is 8.12. The van der Waals surface area contributed by atoms with Crippen LogP contribution in [-0.4, -0.2) is 23.3 Å². The SMILES string of the molecule is O=C(Nc1ccc(F)c(Cl)c1)c1ccn(S(=O)(=O)c2ccc3[nH]ccc3c2)c1.